The first-order valence-electron chi connectivity index (χ1n) is 5.82. The Bertz CT molecular complexity index is 266. The first-order valence-corrected chi connectivity index (χ1v) is 5.82. The van der Waals surface area contributed by atoms with E-state index in [1.165, 1.54) is 0 Å². The monoisotopic (exact) mass is 227 g/mol. The minimum Gasteiger partial charge on any atom is -0.350 e. The highest BCUT2D eigenvalue weighted by Gasteiger charge is 2.28. The molecule has 0 aromatic heterocycles. The van der Waals surface area contributed by atoms with Crippen LogP contribution in [0.4, 0.5) is 0 Å². The third kappa shape index (κ3) is 3.81. The molecule has 92 valence electrons. The van der Waals surface area contributed by atoms with Crippen LogP contribution < -0.4 is 16.4 Å². The molecule has 2 amide bonds. The van der Waals surface area contributed by atoms with E-state index in [1.807, 2.05) is 0 Å². The zero-order valence-corrected chi connectivity index (χ0v) is 9.95. The van der Waals surface area contributed by atoms with Crippen molar-refractivity contribution in [1.82, 2.24) is 10.6 Å². The molecule has 1 heterocycles. The number of rotatable bonds is 5. The van der Waals surface area contributed by atoms with Gasteiger partial charge < -0.3 is 16.4 Å². The van der Waals surface area contributed by atoms with Gasteiger partial charge >= 0.3 is 0 Å². The van der Waals surface area contributed by atoms with Gasteiger partial charge in [0.2, 0.25) is 11.8 Å². The van der Waals surface area contributed by atoms with Crippen LogP contribution in [-0.2, 0) is 9.59 Å². The zero-order chi connectivity index (χ0) is 12.1. The van der Waals surface area contributed by atoms with Gasteiger partial charge in [-0.3, -0.25) is 9.59 Å². The number of carbonyl (C=O) groups excluding carboxylic acids is 2. The van der Waals surface area contributed by atoms with E-state index >= 15 is 0 Å². The molecule has 1 fully saturated rings. The van der Waals surface area contributed by atoms with Crippen molar-refractivity contribution in [3.8, 4) is 0 Å². The molecule has 0 bridgehead atoms. The van der Waals surface area contributed by atoms with E-state index < -0.39 is 0 Å². The maximum atomic E-state index is 11.8. The van der Waals surface area contributed by atoms with Crippen LogP contribution in [0.2, 0.25) is 0 Å². The molecule has 0 aliphatic carbocycles. The fraction of sp³-hybridized carbons (Fsp3) is 0.818. The van der Waals surface area contributed by atoms with Gasteiger partial charge in [-0.25, -0.2) is 0 Å². The number of carbonyl (C=O) groups is 2. The fourth-order valence-electron chi connectivity index (χ4n) is 1.90. The first-order chi connectivity index (χ1) is 7.52. The summed E-state index contributed by atoms with van der Waals surface area (Å²) >= 11 is 0. The molecule has 4 N–H and O–H groups in total. The van der Waals surface area contributed by atoms with Gasteiger partial charge in [0.15, 0.2) is 0 Å². The van der Waals surface area contributed by atoms with Gasteiger partial charge in [-0.2, -0.15) is 0 Å². The second kappa shape index (κ2) is 5.84. The van der Waals surface area contributed by atoms with Crippen molar-refractivity contribution >= 4 is 11.8 Å². The van der Waals surface area contributed by atoms with Crippen molar-refractivity contribution in [2.75, 3.05) is 6.54 Å². The molecule has 2 atom stereocenters. The quantitative estimate of drug-likeness (QED) is 0.606. The minimum absolute atomic E-state index is 0.00463. The number of nitrogens with one attached hydrogen (secondary N) is 2. The lowest BCUT2D eigenvalue weighted by atomic mass is 10.0. The van der Waals surface area contributed by atoms with Crippen LogP contribution in [0.3, 0.4) is 0 Å². The second-order valence-electron chi connectivity index (χ2n) is 4.73. The molecule has 16 heavy (non-hydrogen) atoms. The largest absolute Gasteiger partial charge is 0.350 e. The Kier molecular flexibility index (Phi) is 4.73. The number of amides is 2. The molecule has 0 aromatic carbocycles. The number of hydrogen-bond donors (Lipinski definition) is 3. The van der Waals surface area contributed by atoms with Crippen LogP contribution in [0.25, 0.3) is 0 Å². The van der Waals surface area contributed by atoms with Crippen molar-refractivity contribution in [3.63, 3.8) is 0 Å². The van der Waals surface area contributed by atoms with Gasteiger partial charge in [-0.15, -0.1) is 0 Å². The van der Waals surface area contributed by atoms with Gasteiger partial charge in [0.1, 0.15) is 6.04 Å². The van der Waals surface area contributed by atoms with Gasteiger partial charge in [-0.1, -0.05) is 13.8 Å². The summed E-state index contributed by atoms with van der Waals surface area (Å²) in [6.07, 6.45) is 1.89. The Morgan fingerprint density at radius 2 is 2.31 bits per heavy atom. The average molecular weight is 227 g/mol. The minimum atomic E-state index is -0.367. The SMILES string of the molecule is CC(C)CC(CN)NC(=O)[C@H]1CCC(=O)N1. The molecule has 1 aliphatic rings. The molecule has 0 radical (unpaired) electrons. The van der Waals surface area contributed by atoms with Gasteiger partial charge in [-0.05, 0) is 18.8 Å². The predicted octanol–water partition coefficient (Wildman–Crippen LogP) is -0.245. The van der Waals surface area contributed by atoms with E-state index in [1.54, 1.807) is 0 Å². The summed E-state index contributed by atoms with van der Waals surface area (Å²) in [5, 5.41) is 5.53. The summed E-state index contributed by atoms with van der Waals surface area (Å²) in [6, 6.07) is -0.362. The molecule has 0 aromatic rings. The Labute approximate surface area is 96.1 Å². The Hall–Kier alpha value is -1.10. The molecular weight excluding hydrogens is 206 g/mol. The highest BCUT2D eigenvalue weighted by molar-refractivity contribution is 5.90. The molecule has 1 unspecified atom stereocenters. The maximum Gasteiger partial charge on any atom is 0.242 e. The summed E-state index contributed by atoms with van der Waals surface area (Å²) < 4.78 is 0. The Balaban J connectivity index is 2.39. The van der Waals surface area contributed by atoms with E-state index in [0.717, 1.165) is 6.42 Å². The van der Waals surface area contributed by atoms with E-state index in [-0.39, 0.29) is 23.9 Å². The molecular formula is C11H21N3O2. The molecule has 1 saturated heterocycles. The van der Waals surface area contributed by atoms with Gasteiger partial charge in [0.05, 0.1) is 0 Å². The molecule has 1 rings (SSSR count). The van der Waals surface area contributed by atoms with E-state index in [2.05, 4.69) is 24.5 Å². The van der Waals surface area contributed by atoms with Gasteiger partial charge in [0, 0.05) is 19.0 Å². The van der Waals surface area contributed by atoms with Crippen LogP contribution in [0, 0.1) is 5.92 Å². The van der Waals surface area contributed by atoms with E-state index in [9.17, 15) is 9.59 Å². The molecule has 0 spiro atoms. The average Bonchev–Trinajstić information content (AvgIpc) is 2.63. The van der Waals surface area contributed by atoms with Crippen molar-refractivity contribution in [1.29, 1.82) is 0 Å². The first kappa shape index (κ1) is 13.0. The lowest BCUT2D eigenvalue weighted by Gasteiger charge is -2.20. The zero-order valence-electron chi connectivity index (χ0n) is 9.95. The Morgan fingerprint density at radius 3 is 2.75 bits per heavy atom. The summed E-state index contributed by atoms with van der Waals surface area (Å²) in [4.78, 5) is 22.7. The maximum absolute atomic E-state index is 11.8. The third-order valence-corrected chi connectivity index (χ3v) is 2.70. The molecule has 5 heteroatoms. The van der Waals surface area contributed by atoms with E-state index in [0.29, 0.717) is 25.3 Å². The topological polar surface area (TPSA) is 84.2 Å². The van der Waals surface area contributed by atoms with Crippen molar-refractivity contribution in [2.45, 2.75) is 45.2 Å². The van der Waals surface area contributed by atoms with Crippen LogP contribution in [0.5, 0.6) is 0 Å². The van der Waals surface area contributed by atoms with Crippen molar-refractivity contribution in [3.05, 3.63) is 0 Å². The van der Waals surface area contributed by atoms with Crippen LogP contribution in [0.1, 0.15) is 33.1 Å². The van der Waals surface area contributed by atoms with Crippen LogP contribution in [0.15, 0.2) is 0 Å². The standard InChI is InChI=1S/C11H21N3O2/c1-7(2)5-8(6-12)13-11(16)9-3-4-10(15)14-9/h7-9H,3-6,12H2,1-2H3,(H,13,16)(H,14,15)/t8?,9-/m1/s1. The van der Waals surface area contributed by atoms with E-state index in [4.69, 9.17) is 5.73 Å². The van der Waals surface area contributed by atoms with Crippen LogP contribution in [-0.4, -0.2) is 30.4 Å². The molecule has 1 aliphatic heterocycles. The lowest BCUT2D eigenvalue weighted by Crippen LogP contribution is -2.48. The van der Waals surface area contributed by atoms with Gasteiger partial charge in [0.25, 0.3) is 0 Å². The lowest BCUT2D eigenvalue weighted by molar-refractivity contribution is -0.126. The van der Waals surface area contributed by atoms with Crippen molar-refractivity contribution in [2.24, 2.45) is 11.7 Å². The second-order valence-corrected chi connectivity index (χ2v) is 4.73. The highest BCUT2D eigenvalue weighted by atomic mass is 16.2. The third-order valence-electron chi connectivity index (χ3n) is 2.70. The smallest absolute Gasteiger partial charge is 0.242 e. The normalized spacial score (nSPS) is 22.0. The molecule has 5 nitrogen and oxygen atoms in total. The number of nitrogens with two attached hydrogens (primary N) is 1. The number of hydrogen-bond acceptors (Lipinski definition) is 3. The highest BCUT2D eigenvalue weighted by Crippen LogP contribution is 2.08. The summed E-state index contributed by atoms with van der Waals surface area (Å²) in [6.45, 7) is 4.61. The van der Waals surface area contributed by atoms with Crippen molar-refractivity contribution < 1.29 is 9.59 Å². The summed E-state index contributed by atoms with van der Waals surface area (Å²) in [5.74, 6) is 0.335. The predicted molar refractivity (Wildman–Crippen MR) is 61.6 cm³/mol. The fourth-order valence-corrected chi connectivity index (χ4v) is 1.90. The summed E-state index contributed by atoms with van der Waals surface area (Å²) in [5.41, 5.74) is 5.59. The van der Waals surface area contributed by atoms with Crippen LogP contribution >= 0.6 is 0 Å². The molecule has 0 saturated carbocycles. The Morgan fingerprint density at radius 1 is 1.62 bits per heavy atom. The summed E-state index contributed by atoms with van der Waals surface area (Å²) in [7, 11) is 0.